The normalized spacial score (nSPS) is 14.3. The van der Waals surface area contributed by atoms with Crippen molar-refractivity contribution in [2.24, 2.45) is 11.1 Å². The first-order valence-corrected chi connectivity index (χ1v) is 6.68. The zero-order valence-corrected chi connectivity index (χ0v) is 12.5. The lowest BCUT2D eigenvalue weighted by Crippen LogP contribution is -2.53. The fourth-order valence-electron chi connectivity index (χ4n) is 1.72. The lowest BCUT2D eigenvalue weighted by atomic mass is 9.86. The van der Waals surface area contributed by atoms with Crippen LogP contribution in [-0.2, 0) is 16.0 Å². The first-order valence-electron chi connectivity index (χ1n) is 6.68. The van der Waals surface area contributed by atoms with Gasteiger partial charge in [0, 0.05) is 6.42 Å². The average Bonchev–Trinajstić information content (AvgIpc) is 2.38. The second-order valence-electron chi connectivity index (χ2n) is 6.11. The van der Waals surface area contributed by atoms with E-state index in [2.05, 4.69) is 5.32 Å². The summed E-state index contributed by atoms with van der Waals surface area (Å²) in [5.41, 5.74) is 6.06. The van der Waals surface area contributed by atoms with Crippen LogP contribution < -0.4 is 11.1 Å². The maximum Gasteiger partial charge on any atom is 0.326 e. The van der Waals surface area contributed by atoms with E-state index < -0.39 is 29.4 Å². The van der Waals surface area contributed by atoms with Crippen LogP contribution in [-0.4, -0.2) is 34.2 Å². The molecule has 21 heavy (non-hydrogen) atoms. The highest BCUT2D eigenvalue weighted by atomic mass is 16.4. The summed E-state index contributed by atoms with van der Waals surface area (Å²) >= 11 is 0. The molecule has 0 saturated carbocycles. The third-order valence-corrected chi connectivity index (χ3v) is 3.21. The minimum absolute atomic E-state index is 0.101. The van der Waals surface area contributed by atoms with Gasteiger partial charge in [0.1, 0.15) is 11.8 Å². The second kappa shape index (κ2) is 6.58. The minimum atomic E-state index is -1.13. The molecule has 1 rings (SSSR count). The number of carboxylic acid groups (broad SMARTS) is 1. The standard InChI is InChI=1S/C15H22N2O4/c1-15(2,3)12(16)13(19)17-11(14(20)21)8-9-4-6-10(18)7-5-9/h4-7,11-12,18H,8,16H2,1-3H3,(H,17,19)(H,20,21)/t11?,12-/m1/s1. The summed E-state index contributed by atoms with van der Waals surface area (Å²) in [6, 6.07) is 4.31. The van der Waals surface area contributed by atoms with E-state index in [9.17, 15) is 19.8 Å². The Morgan fingerprint density at radius 3 is 2.19 bits per heavy atom. The summed E-state index contributed by atoms with van der Waals surface area (Å²) < 4.78 is 0. The van der Waals surface area contributed by atoms with Crippen LogP contribution >= 0.6 is 0 Å². The number of carbonyl (C=O) groups is 2. The molecule has 0 heterocycles. The molecule has 5 N–H and O–H groups in total. The van der Waals surface area contributed by atoms with Gasteiger partial charge >= 0.3 is 5.97 Å². The molecule has 0 aliphatic rings. The van der Waals surface area contributed by atoms with Crippen molar-refractivity contribution in [1.82, 2.24) is 5.32 Å². The summed E-state index contributed by atoms with van der Waals surface area (Å²) in [5, 5.41) is 20.9. The van der Waals surface area contributed by atoms with E-state index in [1.54, 1.807) is 12.1 Å². The Labute approximate surface area is 124 Å². The van der Waals surface area contributed by atoms with Gasteiger partial charge in [-0.15, -0.1) is 0 Å². The summed E-state index contributed by atoms with van der Waals surface area (Å²) in [6.45, 7) is 5.44. The predicted molar refractivity (Wildman–Crippen MR) is 78.8 cm³/mol. The Kier molecular flexibility index (Phi) is 5.32. The molecule has 0 aromatic heterocycles. The molecule has 116 valence electrons. The largest absolute Gasteiger partial charge is 0.508 e. The van der Waals surface area contributed by atoms with Gasteiger partial charge in [0.15, 0.2) is 0 Å². The fourth-order valence-corrected chi connectivity index (χ4v) is 1.72. The van der Waals surface area contributed by atoms with E-state index >= 15 is 0 Å². The van der Waals surface area contributed by atoms with E-state index in [1.807, 2.05) is 20.8 Å². The number of hydrogen-bond donors (Lipinski definition) is 4. The SMILES string of the molecule is CC(C)(C)[C@H](N)C(=O)NC(Cc1ccc(O)cc1)C(=O)O. The van der Waals surface area contributed by atoms with Crippen LogP contribution in [0.1, 0.15) is 26.3 Å². The van der Waals surface area contributed by atoms with Crippen molar-refractivity contribution < 1.29 is 19.8 Å². The number of aromatic hydroxyl groups is 1. The molecule has 0 aliphatic heterocycles. The molecule has 6 nitrogen and oxygen atoms in total. The minimum Gasteiger partial charge on any atom is -0.508 e. The molecular formula is C15H22N2O4. The number of rotatable bonds is 5. The highest BCUT2D eigenvalue weighted by molar-refractivity contribution is 5.87. The Morgan fingerprint density at radius 1 is 1.24 bits per heavy atom. The zero-order chi connectivity index (χ0) is 16.2. The number of benzene rings is 1. The Morgan fingerprint density at radius 2 is 1.76 bits per heavy atom. The molecule has 1 aromatic rings. The molecule has 0 spiro atoms. The number of nitrogens with two attached hydrogens (primary N) is 1. The number of aliphatic carboxylic acids is 1. The Hall–Kier alpha value is -2.08. The molecule has 0 fully saturated rings. The fraction of sp³-hybridized carbons (Fsp3) is 0.467. The number of phenols is 1. The first-order chi connectivity index (χ1) is 9.61. The van der Waals surface area contributed by atoms with Gasteiger partial charge in [-0.1, -0.05) is 32.9 Å². The van der Waals surface area contributed by atoms with Gasteiger partial charge < -0.3 is 21.3 Å². The summed E-state index contributed by atoms with van der Waals surface area (Å²) in [7, 11) is 0. The van der Waals surface area contributed by atoms with E-state index in [0.717, 1.165) is 0 Å². The van der Waals surface area contributed by atoms with E-state index in [4.69, 9.17) is 5.73 Å². The van der Waals surface area contributed by atoms with Crippen molar-refractivity contribution >= 4 is 11.9 Å². The molecule has 0 saturated heterocycles. The molecule has 1 aromatic carbocycles. The molecular weight excluding hydrogens is 272 g/mol. The van der Waals surface area contributed by atoms with Gasteiger partial charge in [-0.3, -0.25) is 4.79 Å². The predicted octanol–water partition coefficient (Wildman–Crippen LogP) is 0.877. The lowest BCUT2D eigenvalue weighted by molar-refractivity contribution is -0.142. The Bertz CT molecular complexity index is 505. The monoisotopic (exact) mass is 294 g/mol. The third kappa shape index (κ3) is 5.07. The van der Waals surface area contributed by atoms with Crippen LogP contribution in [0.5, 0.6) is 5.75 Å². The maximum absolute atomic E-state index is 12.0. The first kappa shape index (κ1) is 17.0. The summed E-state index contributed by atoms with van der Waals surface area (Å²) in [4.78, 5) is 23.3. The van der Waals surface area contributed by atoms with E-state index in [0.29, 0.717) is 5.56 Å². The van der Waals surface area contributed by atoms with Gasteiger partial charge in [-0.25, -0.2) is 4.79 Å². The molecule has 0 bridgehead atoms. The van der Waals surface area contributed by atoms with E-state index in [1.165, 1.54) is 12.1 Å². The van der Waals surface area contributed by atoms with Gasteiger partial charge in [0.25, 0.3) is 0 Å². The highest BCUT2D eigenvalue weighted by Gasteiger charge is 2.30. The molecule has 0 radical (unpaired) electrons. The quantitative estimate of drug-likeness (QED) is 0.644. The van der Waals surface area contributed by atoms with Crippen LogP contribution in [0.2, 0.25) is 0 Å². The second-order valence-corrected chi connectivity index (χ2v) is 6.11. The van der Waals surface area contributed by atoms with Gasteiger partial charge in [0.2, 0.25) is 5.91 Å². The van der Waals surface area contributed by atoms with Crippen molar-refractivity contribution in [2.75, 3.05) is 0 Å². The topological polar surface area (TPSA) is 113 Å². The average molecular weight is 294 g/mol. The number of hydrogen-bond acceptors (Lipinski definition) is 4. The van der Waals surface area contributed by atoms with Gasteiger partial charge in [-0.05, 0) is 23.1 Å². The van der Waals surface area contributed by atoms with Crippen molar-refractivity contribution in [3.63, 3.8) is 0 Å². The zero-order valence-electron chi connectivity index (χ0n) is 12.5. The Balaban J connectivity index is 2.77. The van der Waals surface area contributed by atoms with Crippen LogP contribution in [0.15, 0.2) is 24.3 Å². The van der Waals surface area contributed by atoms with Gasteiger partial charge in [0.05, 0.1) is 6.04 Å². The third-order valence-electron chi connectivity index (χ3n) is 3.21. The van der Waals surface area contributed by atoms with Crippen LogP contribution in [0.4, 0.5) is 0 Å². The number of carboxylic acids is 1. The number of nitrogens with one attached hydrogen (secondary N) is 1. The van der Waals surface area contributed by atoms with Crippen LogP contribution in [0.3, 0.4) is 0 Å². The number of phenolic OH excluding ortho intramolecular Hbond substituents is 1. The number of amides is 1. The lowest BCUT2D eigenvalue weighted by Gasteiger charge is -2.27. The van der Waals surface area contributed by atoms with Crippen LogP contribution in [0, 0.1) is 5.41 Å². The molecule has 0 aliphatic carbocycles. The molecule has 1 unspecified atom stereocenters. The number of carbonyl (C=O) groups excluding carboxylic acids is 1. The van der Waals surface area contributed by atoms with Crippen molar-refractivity contribution in [3.8, 4) is 5.75 Å². The van der Waals surface area contributed by atoms with Gasteiger partial charge in [-0.2, -0.15) is 0 Å². The van der Waals surface area contributed by atoms with E-state index in [-0.39, 0.29) is 12.2 Å². The maximum atomic E-state index is 12.0. The summed E-state index contributed by atoms with van der Waals surface area (Å²) in [5.74, 6) is -1.52. The van der Waals surface area contributed by atoms with Crippen molar-refractivity contribution in [1.29, 1.82) is 0 Å². The molecule has 6 heteroatoms. The van der Waals surface area contributed by atoms with Crippen LogP contribution in [0.25, 0.3) is 0 Å². The van der Waals surface area contributed by atoms with Crippen molar-refractivity contribution in [2.45, 2.75) is 39.3 Å². The molecule has 1 amide bonds. The molecule has 2 atom stereocenters. The van der Waals surface area contributed by atoms with Crippen molar-refractivity contribution in [3.05, 3.63) is 29.8 Å². The smallest absolute Gasteiger partial charge is 0.326 e. The highest BCUT2D eigenvalue weighted by Crippen LogP contribution is 2.18. The summed E-state index contributed by atoms with van der Waals surface area (Å²) in [6.07, 6.45) is 0.123.